The van der Waals surface area contributed by atoms with E-state index < -0.39 is 0 Å². The molecule has 3 rings (SSSR count). The molecule has 3 aromatic rings. The van der Waals surface area contributed by atoms with Crippen molar-refractivity contribution in [2.75, 3.05) is 5.73 Å². The summed E-state index contributed by atoms with van der Waals surface area (Å²) in [5, 5.41) is 6.46. The van der Waals surface area contributed by atoms with E-state index in [1.807, 2.05) is 18.2 Å². The van der Waals surface area contributed by atoms with Crippen LogP contribution in [0, 0.1) is 0 Å². The molecule has 0 bridgehead atoms. The number of hydrogen-bond donors (Lipinski definition) is 3. The fourth-order valence-corrected chi connectivity index (χ4v) is 1.84. The van der Waals surface area contributed by atoms with E-state index >= 15 is 0 Å². The number of hydrogen-bond acceptors (Lipinski definition) is 4. The SMILES string of the molecule is Nc1n[nH]c(-c2nc3ccc(Br)cc3[nH]2)n1. The van der Waals surface area contributed by atoms with Crippen molar-refractivity contribution < 1.29 is 0 Å². The van der Waals surface area contributed by atoms with Crippen LogP contribution in [0.4, 0.5) is 5.95 Å². The lowest BCUT2D eigenvalue weighted by molar-refractivity contribution is 1.09. The Labute approximate surface area is 98.4 Å². The molecule has 0 radical (unpaired) electrons. The Morgan fingerprint density at radius 3 is 2.81 bits per heavy atom. The number of rotatable bonds is 1. The van der Waals surface area contributed by atoms with E-state index in [1.54, 1.807) is 0 Å². The number of nitrogens with two attached hydrogens (primary N) is 1. The maximum Gasteiger partial charge on any atom is 0.239 e. The first kappa shape index (κ1) is 9.34. The molecule has 0 aliphatic carbocycles. The van der Waals surface area contributed by atoms with Crippen molar-refractivity contribution in [2.45, 2.75) is 0 Å². The predicted octanol–water partition coefficient (Wildman–Crippen LogP) is 1.69. The molecule has 0 aliphatic heterocycles. The van der Waals surface area contributed by atoms with Gasteiger partial charge in [0.05, 0.1) is 11.0 Å². The van der Waals surface area contributed by atoms with Gasteiger partial charge in [0, 0.05) is 4.47 Å². The second-order valence-electron chi connectivity index (χ2n) is 3.29. The van der Waals surface area contributed by atoms with Crippen LogP contribution in [-0.4, -0.2) is 25.1 Å². The highest BCUT2D eigenvalue weighted by Gasteiger charge is 2.08. The van der Waals surface area contributed by atoms with Gasteiger partial charge in [-0.25, -0.2) is 4.98 Å². The molecule has 0 spiro atoms. The molecule has 0 saturated carbocycles. The van der Waals surface area contributed by atoms with Crippen LogP contribution in [0.25, 0.3) is 22.7 Å². The van der Waals surface area contributed by atoms with E-state index in [9.17, 15) is 0 Å². The summed E-state index contributed by atoms with van der Waals surface area (Å²) in [7, 11) is 0. The van der Waals surface area contributed by atoms with E-state index in [-0.39, 0.29) is 5.95 Å². The molecule has 1 aromatic carbocycles. The minimum atomic E-state index is 0.205. The van der Waals surface area contributed by atoms with Crippen molar-refractivity contribution in [2.24, 2.45) is 0 Å². The Morgan fingerprint density at radius 2 is 2.06 bits per heavy atom. The van der Waals surface area contributed by atoms with Crippen molar-refractivity contribution in [1.29, 1.82) is 0 Å². The van der Waals surface area contributed by atoms with Gasteiger partial charge >= 0.3 is 0 Å². The Morgan fingerprint density at radius 1 is 1.19 bits per heavy atom. The average Bonchev–Trinajstić information content (AvgIpc) is 2.83. The van der Waals surface area contributed by atoms with Crippen LogP contribution in [0.2, 0.25) is 0 Å². The van der Waals surface area contributed by atoms with Gasteiger partial charge in [0.2, 0.25) is 5.95 Å². The molecule has 2 heterocycles. The minimum absolute atomic E-state index is 0.205. The molecule has 16 heavy (non-hydrogen) atoms. The summed E-state index contributed by atoms with van der Waals surface area (Å²) in [6.45, 7) is 0. The third kappa shape index (κ3) is 1.45. The van der Waals surface area contributed by atoms with Crippen LogP contribution in [0.3, 0.4) is 0 Å². The number of halogens is 1. The van der Waals surface area contributed by atoms with Crippen molar-refractivity contribution in [3.63, 3.8) is 0 Å². The standard InChI is InChI=1S/C9H7BrN6/c10-4-1-2-5-6(3-4)13-7(12-5)8-14-9(11)16-15-8/h1-3H,(H,12,13)(H3,11,14,15,16). The zero-order chi connectivity index (χ0) is 11.1. The fraction of sp³-hybridized carbons (Fsp3) is 0. The molecule has 6 nitrogen and oxygen atoms in total. The molecule has 80 valence electrons. The monoisotopic (exact) mass is 278 g/mol. The highest BCUT2D eigenvalue weighted by atomic mass is 79.9. The molecule has 7 heteroatoms. The number of H-pyrrole nitrogens is 2. The second-order valence-corrected chi connectivity index (χ2v) is 4.20. The van der Waals surface area contributed by atoms with E-state index in [2.05, 4.69) is 41.1 Å². The van der Waals surface area contributed by atoms with Gasteiger partial charge in [-0.2, -0.15) is 4.98 Å². The summed E-state index contributed by atoms with van der Waals surface area (Å²) >= 11 is 3.40. The summed E-state index contributed by atoms with van der Waals surface area (Å²) in [5.74, 6) is 1.36. The Kier molecular flexibility index (Phi) is 1.93. The molecule has 2 aromatic heterocycles. The van der Waals surface area contributed by atoms with Gasteiger partial charge in [0.25, 0.3) is 0 Å². The highest BCUT2D eigenvalue weighted by molar-refractivity contribution is 9.10. The molecular formula is C9H7BrN6. The smallest absolute Gasteiger partial charge is 0.239 e. The summed E-state index contributed by atoms with van der Waals surface area (Å²) in [6, 6.07) is 5.80. The minimum Gasteiger partial charge on any atom is -0.366 e. The van der Waals surface area contributed by atoms with E-state index in [1.165, 1.54) is 0 Å². The van der Waals surface area contributed by atoms with Gasteiger partial charge < -0.3 is 10.7 Å². The Hall–Kier alpha value is -1.89. The Bertz CT molecular complexity index is 655. The highest BCUT2D eigenvalue weighted by Crippen LogP contribution is 2.21. The predicted molar refractivity (Wildman–Crippen MR) is 63.6 cm³/mol. The first-order chi connectivity index (χ1) is 7.72. The van der Waals surface area contributed by atoms with Gasteiger partial charge in [0.15, 0.2) is 11.6 Å². The lowest BCUT2D eigenvalue weighted by Gasteiger charge is -1.87. The zero-order valence-corrected chi connectivity index (χ0v) is 9.62. The fourth-order valence-electron chi connectivity index (χ4n) is 1.47. The van der Waals surface area contributed by atoms with Crippen LogP contribution < -0.4 is 5.73 Å². The molecule has 0 aliphatic rings. The van der Waals surface area contributed by atoms with E-state index in [4.69, 9.17) is 5.73 Å². The van der Waals surface area contributed by atoms with Crippen LogP contribution in [0.15, 0.2) is 22.7 Å². The maximum atomic E-state index is 5.43. The van der Waals surface area contributed by atoms with Gasteiger partial charge in [-0.3, -0.25) is 5.10 Å². The molecule has 4 N–H and O–H groups in total. The largest absolute Gasteiger partial charge is 0.366 e. The molecule has 0 atom stereocenters. The lowest BCUT2D eigenvalue weighted by atomic mass is 10.3. The number of aromatic nitrogens is 5. The van der Waals surface area contributed by atoms with Gasteiger partial charge in [0.1, 0.15) is 0 Å². The van der Waals surface area contributed by atoms with Crippen LogP contribution in [0.1, 0.15) is 0 Å². The molecular weight excluding hydrogens is 272 g/mol. The first-order valence-corrected chi connectivity index (χ1v) is 5.35. The average molecular weight is 279 g/mol. The summed E-state index contributed by atoms with van der Waals surface area (Å²) in [5.41, 5.74) is 7.23. The number of anilines is 1. The van der Waals surface area contributed by atoms with Crippen molar-refractivity contribution >= 4 is 32.9 Å². The molecule has 0 amide bonds. The molecule has 0 fully saturated rings. The van der Waals surface area contributed by atoms with Crippen molar-refractivity contribution in [3.05, 3.63) is 22.7 Å². The van der Waals surface area contributed by atoms with E-state index in [0.29, 0.717) is 11.6 Å². The maximum absolute atomic E-state index is 5.43. The number of nitrogen functional groups attached to an aromatic ring is 1. The summed E-state index contributed by atoms with van der Waals surface area (Å²) < 4.78 is 0.993. The normalized spacial score (nSPS) is 11.1. The Balaban J connectivity index is 2.18. The third-order valence-corrected chi connectivity index (χ3v) is 2.66. The zero-order valence-electron chi connectivity index (χ0n) is 8.03. The number of nitrogens with zero attached hydrogens (tertiary/aromatic N) is 3. The van der Waals surface area contributed by atoms with Gasteiger partial charge in [-0.1, -0.05) is 15.9 Å². The summed E-state index contributed by atoms with van der Waals surface area (Å²) in [6.07, 6.45) is 0. The topological polar surface area (TPSA) is 96.3 Å². The van der Waals surface area contributed by atoms with Crippen LogP contribution in [-0.2, 0) is 0 Å². The first-order valence-electron chi connectivity index (χ1n) is 4.56. The second kappa shape index (κ2) is 3.31. The van der Waals surface area contributed by atoms with Crippen LogP contribution >= 0.6 is 15.9 Å². The lowest BCUT2D eigenvalue weighted by Crippen LogP contribution is -1.86. The number of imidazole rings is 1. The number of nitrogens with one attached hydrogen (secondary N) is 2. The number of fused-ring (bicyclic) bond motifs is 1. The van der Waals surface area contributed by atoms with Crippen molar-refractivity contribution in [3.8, 4) is 11.6 Å². The van der Waals surface area contributed by atoms with Gasteiger partial charge in [-0.15, -0.1) is 5.10 Å². The number of aromatic amines is 2. The molecule has 0 unspecified atom stereocenters. The molecule has 0 saturated heterocycles. The summed E-state index contributed by atoms with van der Waals surface area (Å²) in [4.78, 5) is 11.5. The van der Waals surface area contributed by atoms with Crippen molar-refractivity contribution in [1.82, 2.24) is 25.1 Å². The quantitative estimate of drug-likeness (QED) is 0.631. The van der Waals surface area contributed by atoms with E-state index in [0.717, 1.165) is 15.5 Å². The third-order valence-electron chi connectivity index (χ3n) is 2.17. The number of benzene rings is 1. The van der Waals surface area contributed by atoms with Crippen LogP contribution in [0.5, 0.6) is 0 Å². The van der Waals surface area contributed by atoms with Gasteiger partial charge in [-0.05, 0) is 18.2 Å².